The van der Waals surface area contributed by atoms with Gasteiger partial charge in [0.25, 0.3) is 0 Å². The number of anilines is 1. The number of hydrogen-bond donors (Lipinski definition) is 3. The van der Waals surface area contributed by atoms with Crippen LogP contribution in [-0.2, 0) is 16.2 Å². The molecule has 0 fully saturated rings. The van der Waals surface area contributed by atoms with Gasteiger partial charge in [-0.25, -0.2) is 4.79 Å². The maximum Gasteiger partial charge on any atom is 0.344 e. The third-order valence-corrected chi connectivity index (χ3v) is 2.64. The summed E-state index contributed by atoms with van der Waals surface area (Å²) in [5.74, 6) is -0.514. The molecule has 0 radical (unpaired) electrons. The Hall–Kier alpha value is -1.30. The van der Waals surface area contributed by atoms with Gasteiger partial charge < -0.3 is 10.6 Å². The molecule has 1 rings (SSSR count). The Labute approximate surface area is 105 Å². The molecule has 17 heavy (non-hydrogen) atoms. The largest absolute Gasteiger partial charge is 0.349 e. The van der Waals surface area contributed by atoms with Crippen molar-refractivity contribution in [2.75, 3.05) is 5.43 Å². The van der Waals surface area contributed by atoms with Crippen LogP contribution in [0.3, 0.4) is 0 Å². The van der Waals surface area contributed by atoms with Crippen molar-refractivity contribution >= 4 is 23.3 Å². The number of benzene rings is 1. The summed E-state index contributed by atoms with van der Waals surface area (Å²) in [5.41, 5.74) is 12.3. The van der Waals surface area contributed by atoms with Gasteiger partial charge in [0.1, 0.15) is 5.38 Å². The predicted molar refractivity (Wildman–Crippen MR) is 67.1 cm³/mol. The number of halogens is 1. The normalized spacial score (nSPS) is 11.9. The van der Waals surface area contributed by atoms with Crippen molar-refractivity contribution in [3.63, 3.8) is 0 Å². The average molecular weight is 258 g/mol. The third kappa shape index (κ3) is 4.60. The molecule has 0 heterocycles. The lowest BCUT2D eigenvalue weighted by Gasteiger charge is -2.10. The molecule has 4 N–H and O–H groups in total. The number of carbonyl (C=O) groups excluding carboxylic acids is 1. The molecule has 5 nitrogen and oxygen atoms in total. The van der Waals surface area contributed by atoms with E-state index in [9.17, 15) is 4.79 Å². The second kappa shape index (κ2) is 7.11. The quantitative estimate of drug-likeness (QED) is 0.532. The van der Waals surface area contributed by atoms with Gasteiger partial charge in [0.2, 0.25) is 0 Å². The summed E-state index contributed by atoms with van der Waals surface area (Å²) in [6.45, 7) is 2.30. The Kier molecular flexibility index (Phi) is 5.76. The first-order valence-electron chi connectivity index (χ1n) is 5.32. The maximum atomic E-state index is 11.2. The van der Waals surface area contributed by atoms with E-state index in [1.807, 2.05) is 24.3 Å². The minimum absolute atomic E-state index is 0.493. The smallest absolute Gasteiger partial charge is 0.344 e. The van der Waals surface area contributed by atoms with Crippen LogP contribution in [0.15, 0.2) is 24.3 Å². The number of carbonyl (C=O) groups is 1. The lowest BCUT2D eigenvalue weighted by Crippen LogP contribution is -2.30. The van der Waals surface area contributed by atoms with Crippen molar-refractivity contribution in [1.82, 2.24) is 5.59 Å². The Morgan fingerprint density at radius 1 is 1.47 bits per heavy atom. The predicted octanol–water partition coefficient (Wildman–Crippen LogP) is 1.54. The van der Waals surface area contributed by atoms with E-state index < -0.39 is 11.3 Å². The Morgan fingerprint density at radius 3 is 2.65 bits per heavy atom. The van der Waals surface area contributed by atoms with Gasteiger partial charge in [0.15, 0.2) is 0 Å². The number of hydrogen-bond acceptors (Lipinski definition) is 5. The van der Waals surface area contributed by atoms with Gasteiger partial charge >= 0.3 is 5.97 Å². The number of nitrogens with one attached hydrogen (secondary N) is 2. The van der Waals surface area contributed by atoms with E-state index in [2.05, 4.69) is 11.0 Å². The summed E-state index contributed by atoms with van der Waals surface area (Å²) in [5, 5.41) is -0.635. The highest BCUT2D eigenvalue weighted by atomic mass is 35.5. The molecule has 0 aliphatic carbocycles. The van der Waals surface area contributed by atoms with Crippen molar-refractivity contribution in [2.45, 2.75) is 25.3 Å². The van der Waals surface area contributed by atoms with E-state index in [0.29, 0.717) is 13.0 Å². The summed E-state index contributed by atoms with van der Waals surface area (Å²) in [6.07, 6.45) is 0.521. The molecule has 0 aliphatic rings. The average Bonchev–Trinajstić information content (AvgIpc) is 2.38. The van der Waals surface area contributed by atoms with Crippen LogP contribution < -0.4 is 16.7 Å². The van der Waals surface area contributed by atoms with Gasteiger partial charge in [0, 0.05) is 6.54 Å². The molecule has 0 saturated heterocycles. The van der Waals surface area contributed by atoms with E-state index in [0.717, 1.165) is 11.3 Å². The highest BCUT2D eigenvalue weighted by Gasteiger charge is 2.14. The highest BCUT2D eigenvalue weighted by Crippen LogP contribution is 2.08. The Morgan fingerprint density at radius 2 is 2.12 bits per heavy atom. The molecule has 0 bridgehead atoms. The molecule has 1 unspecified atom stereocenters. The van der Waals surface area contributed by atoms with Crippen molar-refractivity contribution < 1.29 is 9.63 Å². The zero-order valence-electron chi connectivity index (χ0n) is 9.57. The fraction of sp³-hybridized carbons (Fsp3) is 0.364. The molecule has 1 atom stereocenters. The molecule has 0 aliphatic heterocycles. The van der Waals surface area contributed by atoms with Crippen LogP contribution in [0.5, 0.6) is 0 Å². The minimum atomic E-state index is -0.635. The van der Waals surface area contributed by atoms with Gasteiger partial charge in [-0.2, -0.15) is 0 Å². The first-order chi connectivity index (χ1) is 8.17. The molecule has 0 saturated carbocycles. The molecule has 94 valence electrons. The zero-order chi connectivity index (χ0) is 12.7. The van der Waals surface area contributed by atoms with Gasteiger partial charge in [-0.15, -0.1) is 11.6 Å². The summed E-state index contributed by atoms with van der Waals surface area (Å²) in [7, 11) is 0. The summed E-state index contributed by atoms with van der Waals surface area (Å²) < 4.78 is 0. The fourth-order valence-electron chi connectivity index (χ4n) is 1.09. The zero-order valence-corrected chi connectivity index (χ0v) is 10.3. The van der Waals surface area contributed by atoms with Gasteiger partial charge in [0.05, 0.1) is 5.69 Å². The van der Waals surface area contributed by atoms with Crippen molar-refractivity contribution in [3.8, 4) is 0 Å². The summed E-state index contributed by atoms with van der Waals surface area (Å²) in [6, 6.07) is 7.40. The molecular formula is C11H16ClN3O2. The lowest BCUT2D eigenvalue weighted by atomic mass is 10.2. The van der Waals surface area contributed by atoms with Crippen LogP contribution in [0.2, 0.25) is 0 Å². The topological polar surface area (TPSA) is 76.4 Å². The number of hydrazine groups is 1. The number of alkyl halides is 1. The molecule has 1 aromatic rings. The van der Waals surface area contributed by atoms with E-state index in [1.165, 1.54) is 0 Å². The van der Waals surface area contributed by atoms with Crippen LogP contribution in [-0.4, -0.2) is 11.3 Å². The maximum absolute atomic E-state index is 11.2. The summed E-state index contributed by atoms with van der Waals surface area (Å²) >= 11 is 5.68. The fourth-order valence-corrected chi connectivity index (χ4v) is 1.13. The van der Waals surface area contributed by atoms with E-state index in [1.54, 1.807) is 6.92 Å². The minimum Gasteiger partial charge on any atom is -0.349 e. The third-order valence-electron chi connectivity index (χ3n) is 2.15. The SMILES string of the molecule is CCC(Cl)C(=O)ONNc1ccc(CN)cc1. The monoisotopic (exact) mass is 257 g/mol. The molecule has 0 amide bonds. The van der Waals surface area contributed by atoms with Crippen LogP contribution in [0.1, 0.15) is 18.9 Å². The molecule has 6 heteroatoms. The molecule has 0 spiro atoms. The Balaban J connectivity index is 2.33. The van der Waals surface area contributed by atoms with E-state index >= 15 is 0 Å². The standard InChI is InChI=1S/C11H16ClN3O2/c1-2-10(12)11(16)17-15-14-9-5-3-8(7-13)4-6-9/h3-6,10,14-15H,2,7,13H2,1H3. The number of nitrogens with two attached hydrogens (primary N) is 1. The highest BCUT2D eigenvalue weighted by molar-refractivity contribution is 6.29. The lowest BCUT2D eigenvalue weighted by molar-refractivity contribution is -0.149. The first-order valence-corrected chi connectivity index (χ1v) is 5.75. The molecule has 1 aromatic carbocycles. The Bertz CT molecular complexity index is 356. The number of rotatable bonds is 6. The van der Waals surface area contributed by atoms with Crippen molar-refractivity contribution in [1.29, 1.82) is 0 Å². The summed E-state index contributed by atoms with van der Waals surface area (Å²) in [4.78, 5) is 15.9. The first kappa shape index (κ1) is 13.8. The van der Waals surface area contributed by atoms with Gasteiger partial charge in [-0.3, -0.25) is 5.43 Å². The second-order valence-corrected chi connectivity index (χ2v) is 3.95. The van der Waals surface area contributed by atoms with E-state index in [-0.39, 0.29) is 0 Å². The van der Waals surface area contributed by atoms with Crippen molar-refractivity contribution in [2.24, 2.45) is 5.73 Å². The van der Waals surface area contributed by atoms with E-state index in [4.69, 9.17) is 22.2 Å². The van der Waals surface area contributed by atoms with Crippen LogP contribution in [0.4, 0.5) is 5.69 Å². The molecule has 0 aromatic heterocycles. The second-order valence-electron chi connectivity index (χ2n) is 3.42. The molecular weight excluding hydrogens is 242 g/mol. The van der Waals surface area contributed by atoms with Crippen LogP contribution in [0, 0.1) is 0 Å². The van der Waals surface area contributed by atoms with Crippen molar-refractivity contribution in [3.05, 3.63) is 29.8 Å². The van der Waals surface area contributed by atoms with Gasteiger partial charge in [-0.1, -0.05) is 24.6 Å². The van der Waals surface area contributed by atoms with Crippen LogP contribution >= 0.6 is 11.6 Å². The van der Waals surface area contributed by atoms with Gasteiger partial charge in [-0.05, 0) is 24.1 Å². The van der Waals surface area contributed by atoms with Crippen LogP contribution in [0.25, 0.3) is 0 Å².